The molecule has 3 aliphatic rings. The molecule has 1 unspecified atom stereocenters. The van der Waals surface area contributed by atoms with Crippen LogP contribution < -0.4 is 9.64 Å². The molecule has 1 aromatic rings. The lowest BCUT2D eigenvalue weighted by Crippen LogP contribution is -2.50. The lowest BCUT2D eigenvalue weighted by molar-refractivity contribution is -0.136. The third-order valence-corrected chi connectivity index (χ3v) is 6.30. The molecule has 146 valence electrons. The van der Waals surface area contributed by atoms with Crippen molar-refractivity contribution in [2.45, 2.75) is 38.1 Å². The highest BCUT2D eigenvalue weighted by Crippen LogP contribution is 2.30. The fourth-order valence-electron chi connectivity index (χ4n) is 4.70. The number of anilines is 1. The van der Waals surface area contributed by atoms with Crippen molar-refractivity contribution in [3.8, 4) is 5.75 Å². The largest absolute Gasteiger partial charge is 0.497 e. The Hall–Kier alpha value is -2.24. The summed E-state index contributed by atoms with van der Waals surface area (Å²) in [5.41, 5.74) is 1.16. The van der Waals surface area contributed by atoms with Crippen molar-refractivity contribution < 1.29 is 14.3 Å². The summed E-state index contributed by atoms with van der Waals surface area (Å²) in [6.07, 6.45) is 5.02. The highest BCUT2D eigenvalue weighted by molar-refractivity contribution is 5.89. The summed E-state index contributed by atoms with van der Waals surface area (Å²) in [6.45, 7) is 3.72. The van der Waals surface area contributed by atoms with Crippen LogP contribution in [0.25, 0.3) is 0 Å². The molecule has 3 fully saturated rings. The maximum absolute atomic E-state index is 12.9. The van der Waals surface area contributed by atoms with Gasteiger partial charge in [0, 0.05) is 50.9 Å². The van der Waals surface area contributed by atoms with Crippen LogP contribution in [0.2, 0.25) is 0 Å². The number of methoxy groups -OCH3 is 1. The zero-order valence-corrected chi connectivity index (χ0v) is 16.1. The highest BCUT2D eigenvalue weighted by Gasteiger charge is 2.40. The van der Waals surface area contributed by atoms with Crippen LogP contribution in [0.15, 0.2) is 24.3 Å². The van der Waals surface area contributed by atoms with Crippen LogP contribution in [0.5, 0.6) is 5.75 Å². The van der Waals surface area contributed by atoms with E-state index in [9.17, 15) is 9.59 Å². The highest BCUT2D eigenvalue weighted by atomic mass is 16.5. The molecule has 1 aromatic carbocycles. The van der Waals surface area contributed by atoms with Crippen molar-refractivity contribution in [2.24, 2.45) is 5.92 Å². The Labute approximate surface area is 161 Å². The average Bonchev–Trinajstić information content (AvgIpc) is 3.37. The van der Waals surface area contributed by atoms with E-state index in [2.05, 4.69) is 17.0 Å². The fraction of sp³-hybridized carbons (Fsp3) is 0.619. The van der Waals surface area contributed by atoms with Crippen LogP contribution in [0.1, 0.15) is 32.1 Å². The third-order valence-electron chi connectivity index (χ3n) is 6.30. The summed E-state index contributed by atoms with van der Waals surface area (Å²) in [5.74, 6) is 1.05. The van der Waals surface area contributed by atoms with E-state index in [1.54, 1.807) is 7.11 Å². The van der Waals surface area contributed by atoms with Crippen molar-refractivity contribution in [2.75, 3.05) is 44.7 Å². The van der Waals surface area contributed by atoms with E-state index < -0.39 is 0 Å². The van der Waals surface area contributed by atoms with Crippen LogP contribution in [0, 0.1) is 5.92 Å². The molecule has 1 atom stereocenters. The van der Waals surface area contributed by atoms with Gasteiger partial charge in [0.1, 0.15) is 5.75 Å². The van der Waals surface area contributed by atoms with Gasteiger partial charge in [0.05, 0.1) is 13.0 Å². The van der Waals surface area contributed by atoms with Gasteiger partial charge in [0.15, 0.2) is 0 Å². The number of likely N-dealkylation sites (tertiary alicyclic amines) is 1. The Morgan fingerprint density at radius 3 is 2.33 bits per heavy atom. The van der Waals surface area contributed by atoms with Crippen molar-refractivity contribution in [3.63, 3.8) is 0 Å². The van der Waals surface area contributed by atoms with Gasteiger partial charge >= 0.3 is 0 Å². The van der Waals surface area contributed by atoms with Gasteiger partial charge in [-0.2, -0.15) is 0 Å². The molecule has 0 radical (unpaired) electrons. The lowest BCUT2D eigenvalue weighted by atomic mass is 10.1. The van der Waals surface area contributed by atoms with Gasteiger partial charge in [-0.25, -0.2) is 0 Å². The zero-order chi connectivity index (χ0) is 18.8. The Bertz CT molecular complexity index is 676. The van der Waals surface area contributed by atoms with Crippen LogP contribution in [-0.4, -0.2) is 67.5 Å². The number of hydrogen-bond donors (Lipinski definition) is 0. The lowest BCUT2D eigenvalue weighted by Gasteiger charge is -2.37. The number of amides is 2. The summed E-state index contributed by atoms with van der Waals surface area (Å²) in [5, 5.41) is 0. The monoisotopic (exact) mass is 371 g/mol. The predicted molar refractivity (Wildman–Crippen MR) is 104 cm³/mol. The van der Waals surface area contributed by atoms with E-state index >= 15 is 0 Å². The molecule has 0 N–H and O–H groups in total. The number of ether oxygens (including phenoxy) is 1. The zero-order valence-electron chi connectivity index (χ0n) is 16.1. The molecule has 0 bridgehead atoms. The van der Waals surface area contributed by atoms with Gasteiger partial charge in [0.2, 0.25) is 11.8 Å². The first-order valence-electron chi connectivity index (χ1n) is 10.1. The minimum atomic E-state index is -0.148. The first-order chi connectivity index (χ1) is 13.2. The second-order valence-electron chi connectivity index (χ2n) is 7.90. The Morgan fingerprint density at radius 1 is 1.04 bits per heavy atom. The van der Waals surface area contributed by atoms with Gasteiger partial charge in [-0.05, 0) is 37.1 Å². The van der Waals surface area contributed by atoms with Gasteiger partial charge in [-0.1, -0.05) is 12.8 Å². The van der Waals surface area contributed by atoms with E-state index in [1.165, 1.54) is 12.8 Å². The SMILES string of the molecule is COc1ccc(N2CCN(C(=O)C3CC(=O)N(C4CCCC4)C3)CC2)cc1. The van der Waals surface area contributed by atoms with Crippen LogP contribution in [0.3, 0.4) is 0 Å². The third kappa shape index (κ3) is 3.75. The molecule has 2 aliphatic heterocycles. The molecule has 1 saturated carbocycles. The summed E-state index contributed by atoms with van der Waals surface area (Å²) in [4.78, 5) is 31.6. The standard InChI is InChI=1S/C21H29N3O3/c1-27-19-8-6-17(7-9-19)22-10-12-23(13-11-22)21(26)16-14-20(25)24(15-16)18-4-2-3-5-18/h6-9,16,18H,2-5,10-15H2,1H3. The number of carbonyl (C=O) groups is 2. The predicted octanol–water partition coefficient (Wildman–Crippen LogP) is 2.13. The van der Waals surface area contributed by atoms with Crippen LogP contribution >= 0.6 is 0 Å². The number of rotatable bonds is 4. The Kier molecular flexibility index (Phi) is 5.23. The summed E-state index contributed by atoms with van der Waals surface area (Å²) >= 11 is 0. The first kappa shape index (κ1) is 18.1. The van der Waals surface area contributed by atoms with Gasteiger partial charge < -0.3 is 19.4 Å². The fourth-order valence-corrected chi connectivity index (χ4v) is 4.70. The topological polar surface area (TPSA) is 53.1 Å². The van der Waals surface area contributed by atoms with Crippen molar-refractivity contribution in [3.05, 3.63) is 24.3 Å². The second kappa shape index (κ2) is 7.79. The number of carbonyl (C=O) groups excluding carboxylic acids is 2. The molecule has 1 aliphatic carbocycles. The van der Waals surface area contributed by atoms with E-state index in [1.807, 2.05) is 21.9 Å². The van der Waals surface area contributed by atoms with Gasteiger partial charge in [-0.15, -0.1) is 0 Å². The molecule has 2 saturated heterocycles. The minimum absolute atomic E-state index is 0.148. The van der Waals surface area contributed by atoms with E-state index in [-0.39, 0.29) is 17.7 Å². The maximum atomic E-state index is 12.9. The van der Waals surface area contributed by atoms with Crippen molar-refractivity contribution >= 4 is 17.5 Å². The molecule has 6 heteroatoms. The molecule has 2 amide bonds. The molecular weight excluding hydrogens is 342 g/mol. The quantitative estimate of drug-likeness (QED) is 0.814. The number of nitrogens with zero attached hydrogens (tertiary/aromatic N) is 3. The van der Waals surface area contributed by atoms with E-state index in [0.29, 0.717) is 19.0 Å². The molecule has 2 heterocycles. The summed E-state index contributed by atoms with van der Waals surface area (Å²) in [6, 6.07) is 8.43. The summed E-state index contributed by atoms with van der Waals surface area (Å²) < 4.78 is 5.21. The van der Waals surface area contributed by atoms with Crippen molar-refractivity contribution in [1.82, 2.24) is 9.80 Å². The van der Waals surface area contributed by atoms with Crippen LogP contribution in [0.4, 0.5) is 5.69 Å². The molecule has 0 aromatic heterocycles. The van der Waals surface area contributed by atoms with Crippen LogP contribution in [-0.2, 0) is 9.59 Å². The average molecular weight is 371 g/mol. The normalized spacial score (nSPS) is 24.0. The molecule has 0 spiro atoms. The molecule has 27 heavy (non-hydrogen) atoms. The Morgan fingerprint density at radius 2 is 1.70 bits per heavy atom. The molecule has 4 rings (SSSR count). The maximum Gasteiger partial charge on any atom is 0.228 e. The number of piperazine rings is 1. The number of hydrogen-bond acceptors (Lipinski definition) is 4. The summed E-state index contributed by atoms with van der Waals surface area (Å²) in [7, 11) is 1.67. The van der Waals surface area contributed by atoms with Gasteiger partial charge in [0.25, 0.3) is 0 Å². The van der Waals surface area contributed by atoms with Crippen molar-refractivity contribution in [1.29, 1.82) is 0 Å². The second-order valence-corrected chi connectivity index (χ2v) is 7.90. The molecular formula is C21H29N3O3. The number of benzene rings is 1. The van der Waals surface area contributed by atoms with Gasteiger partial charge in [-0.3, -0.25) is 9.59 Å². The van der Waals surface area contributed by atoms with E-state index in [0.717, 1.165) is 50.5 Å². The smallest absolute Gasteiger partial charge is 0.228 e. The van der Waals surface area contributed by atoms with E-state index in [4.69, 9.17) is 4.74 Å². The Balaban J connectivity index is 1.31. The minimum Gasteiger partial charge on any atom is -0.497 e. The first-order valence-corrected chi connectivity index (χ1v) is 10.1. The molecule has 6 nitrogen and oxygen atoms in total.